The van der Waals surface area contributed by atoms with Gasteiger partial charge in [0, 0.05) is 11.6 Å². The summed E-state index contributed by atoms with van der Waals surface area (Å²) in [5.74, 6) is 0. The molecule has 0 spiro atoms. The van der Waals surface area contributed by atoms with E-state index in [1.165, 1.54) is 18.3 Å². The number of benzene rings is 2. The summed E-state index contributed by atoms with van der Waals surface area (Å²) >= 11 is 5.95. The van der Waals surface area contributed by atoms with Crippen LogP contribution in [0.3, 0.4) is 0 Å². The number of hydrogen-bond acceptors (Lipinski definition) is 3. The summed E-state index contributed by atoms with van der Waals surface area (Å²) in [6.07, 6.45) is 1.17. The molecular formula is C17H14ClNO3S. The Morgan fingerprint density at radius 2 is 1.57 bits per heavy atom. The number of aryl methyl sites for hydroxylation is 2. The second kappa shape index (κ2) is 5.51. The van der Waals surface area contributed by atoms with Gasteiger partial charge in [-0.1, -0.05) is 35.4 Å². The van der Waals surface area contributed by atoms with E-state index in [-0.39, 0.29) is 20.7 Å². The minimum absolute atomic E-state index is 0.128. The lowest BCUT2D eigenvalue weighted by atomic mass is 10.1. The summed E-state index contributed by atoms with van der Waals surface area (Å²) in [6.45, 7) is 3.72. The van der Waals surface area contributed by atoms with E-state index in [2.05, 4.69) is 0 Å². The van der Waals surface area contributed by atoms with Gasteiger partial charge in [-0.2, -0.15) is 0 Å². The van der Waals surface area contributed by atoms with Crippen molar-refractivity contribution in [1.82, 2.24) is 3.97 Å². The molecule has 6 heteroatoms. The fourth-order valence-corrected chi connectivity index (χ4v) is 4.02. The minimum atomic E-state index is -3.85. The van der Waals surface area contributed by atoms with Crippen molar-refractivity contribution >= 4 is 32.5 Å². The average molecular weight is 348 g/mol. The van der Waals surface area contributed by atoms with Crippen LogP contribution in [0.1, 0.15) is 11.1 Å². The summed E-state index contributed by atoms with van der Waals surface area (Å²) in [6, 6.07) is 11.5. The normalized spacial score (nSPS) is 11.8. The Balaban J connectivity index is 2.39. The molecule has 3 rings (SSSR count). The van der Waals surface area contributed by atoms with Crippen molar-refractivity contribution in [3.8, 4) is 0 Å². The highest BCUT2D eigenvalue weighted by molar-refractivity contribution is 7.90. The Morgan fingerprint density at radius 1 is 0.957 bits per heavy atom. The van der Waals surface area contributed by atoms with Crippen molar-refractivity contribution in [2.75, 3.05) is 0 Å². The summed E-state index contributed by atoms with van der Waals surface area (Å²) in [5.41, 5.74) is 1.76. The Hall–Kier alpha value is -2.11. The van der Waals surface area contributed by atoms with Crippen LogP contribution in [0.15, 0.2) is 58.4 Å². The monoisotopic (exact) mass is 347 g/mol. The van der Waals surface area contributed by atoms with Gasteiger partial charge >= 0.3 is 0 Å². The number of hydrogen-bond donors (Lipinski definition) is 0. The largest absolute Gasteiger partial charge is 0.287 e. The Morgan fingerprint density at radius 3 is 2.22 bits per heavy atom. The van der Waals surface area contributed by atoms with Crippen molar-refractivity contribution in [3.05, 3.63) is 75.0 Å². The molecule has 2 aromatic carbocycles. The van der Waals surface area contributed by atoms with Gasteiger partial charge in [0.15, 0.2) is 0 Å². The van der Waals surface area contributed by atoms with Gasteiger partial charge in [0.05, 0.1) is 10.4 Å². The van der Waals surface area contributed by atoms with Crippen LogP contribution >= 0.6 is 11.6 Å². The van der Waals surface area contributed by atoms with Crippen molar-refractivity contribution in [2.24, 2.45) is 0 Å². The van der Waals surface area contributed by atoms with Crippen LogP contribution in [0.5, 0.6) is 0 Å². The number of halogens is 1. The SMILES string of the molecule is Cc1ccc(S(=O)(=O)n2cc(Cl)c(=O)c3ccc(C)cc32)cc1. The van der Waals surface area contributed by atoms with Crippen molar-refractivity contribution in [1.29, 1.82) is 0 Å². The van der Waals surface area contributed by atoms with E-state index in [1.54, 1.807) is 30.3 Å². The number of nitrogens with zero attached hydrogens (tertiary/aromatic N) is 1. The van der Waals surface area contributed by atoms with Gasteiger partial charge in [-0.05, 0) is 43.7 Å². The first-order chi connectivity index (χ1) is 10.8. The van der Waals surface area contributed by atoms with Gasteiger partial charge in [0.1, 0.15) is 5.02 Å². The highest BCUT2D eigenvalue weighted by Crippen LogP contribution is 2.22. The van der Waals surface area contributed by atoms with E-state index in [9.17, 15) is 13.2 Å². The highest BCUT2D eigenvalue weighted by atomic mass is 35.5. The maximum Gasteiger partial charge on any atom is 0.268 e. The Labute approximate surface area is 139 Å². The van der Waals surface area contributed by atoms with Gasteiger partial charge in [-0.25, -0.2) is 12.4 Å². The molecule has 23 heavy (non-hydrogen) atoms. The predicted molar refractivity (Wildman–Crippen MR) is 91.7 cm³/mol. The molecule has 3 aromatic rings. The molecule has 0 radical (unpaired) electrons. The molecule has 1 aromatic heterocycles. The van der Waals surface area contributed by atoms with Crippen LogP contribution in [-0.4, -0.2) is 12.4 Å². The van der Waals surface area contributed by atoms with Crippen LogP contribution in [-0.2, 0) is 10.0 Å². The number of fused-ring (bicyclic) bond motifs is 1. The third kappa shape index (κ3) is 2.66. The standard InChI is InChI=1S/C17H14ClNO3S/c1-11-3-6-13(7-4-11)23(21,22)19-10-15(18)17(20)14-8-5-12(2)9-16(14)19/h3-10H,1-2H3. The van der Waals surface area contributed by atoms with E-state index in [0.717, 1.165) is 15.1 Å². The first-order valence-corrected chi connectivity index (χ1v) is 8.76. The van der Waals surface area contributed by atoms with Crippen molar-refractivity contribution in [3.63, 3.8) is 0 Å². The molecule has 0 aliphatic rings. The van der Waals surface area contributed by atoms with Crippen molar-refractivity contribution < 1.29 is 8.42 Å². The molecule has 4 nitrogen and oxygen atoms in total. The predicted octanol–water partition coefficient (Wildman–Crippen LogP) is 3.51. The zero-order chi connectivity index (χ0) is 16.8. The van der Waals surface area contributed by atoms with E-state index in [4.69, 9.17) is 11.6 Å². The molecule has 0 atom stereocenters. The molecule has 0 saturated heterocycles. The molecule has 0 fully saturated rings. The van der Waals surface area contributed by atoms with Gasteiger partial charge in [0.25, 0.3) is 10.0 Å². The van der Waals surface area contributed by atoms with Crippen molar-refractivity contribution in [2.45, 2.75) is 18.7 Å². The molecule has 0 unspecified atom stereocenters. The fraction of sp³-hybridized carbons (Fsp3) is 0.118. The zero-order valence-electron chi connectivity index (χ0n) is 12.6. The number of aromatic nitrogens is 1. The highest BCUT2D eigenvalue weighted by Gasteiger charge is 2.20. The Kier molecular flexibility index (Phi) is 3.78. The maximum absolute atomic E-state index is 12.9. The van der Waals surface area contributed by atoms with E-state index in [1.807, 2.05) is 13.8 Å². The summed E-state index contributed by atoms with van der Waals surface area (Å²) in [7, 11) is -3.85. The second-order valence-electron chi connectivity index (χ2n) is 5.44. The molecule has 0 N–H and O–H groups in total. The van der Waals surface area contributed by atoms with Gasteiger partial charge in [-0.15, -0.1) is 0 Å². The third-order valence-corrected chi connectivity index (χ3v) is 5.62. The first-order valence-electron chi connectivity index (χ1n) is 6.94. The smallest absolute Gasteiger partial charge is 0.268 e. The van der Waals surface area contributed by atoms with E-state index >= 15 is 0 Å². The molecule has 1 heterocycles. The van der Waals surface area contributed by atoms with Crippen LogP contribution in [0.4, 0.5) is 0 Å². The molecule has 0 aliphatic heterocycles. The zero-order valence-corrected chi connectivity index (χ0v) is 14.1. The summed E-state index contributed by atoms with van der Waals surface area (Å²) in [4.78, 5) is 12.3. The van der Waals surface area contributed by atoms with Crippen LogP contribution in [0, 0.1) is 13.8 Å². The lowest BCUT2D eigenvalue weighted by Gasteiger charge is -2.13. The van der Waals surface area contributed by atoms with Gasteiger partial charge < -0.3 is 0 Å². The van der Waals surface area contributed by atoms with Crippen LogP contribution < -0.4 is 5.43 Å². The van der Waals surface area contributed by atoms with Crippen LogP contribution in [0.25, 0.3) is 10.9 Å². The number of pyridine rings is 1. The minimum Gasteiger partial charge on any atom is -0.287 e. The Bertz CT molecular complexity index is 1070. The van der Waals surface area contributed by atoms with E-state index in [0.29, 0.717) is 5.52 Å². The number of rotatable bonds is 2. The third-order valence-electron chi connectivity index (χ3n) is 3.66. The summed E-state index contributed by atoms with van der Waals surface area (Å²) < 4.78 is 26.9. The molecule has 118 valence electrons. The lowest BCUT2D eigenvalue weighted by Crippen LogP contribution is -2.18. The first kappa shape index (κ1) is 15.8. The summed E-state index contributed by atoms with van der Waals surface area (Å²) in [5, 5.41) is 0.149. The quantitative estimate of drug-likeness (QED) is 0.712. The van der Waals surface area contributed by atoms with Crippen LogP contribution in [0.2, 0.25) is 5.02 Å². The second-order valence-corrected chi connectivity index (χ2v) is 7.66. The molecule has 0 aliphatic carbocycles. The average Bonchev–Trinajstić information content (AvgIpc) is 2.51. The lowest BCUT2D eigenvalue weighted by molar-refractivity contribution is 0.588. The maximum atomic E-state index is 12.9. The molecule has 0 amide bonds. The van der Waals surface area contributed by atoms with Gasteiger partial charge in [-0.3, -0.25) is 4.79 Å². The van der Waals surface area contributed by atoms with Gasteiger partial charge in [0.2, 0.25) is 5.43 Å². The fourth-order valence-electron chi connectivity index (χ4n) is 2.40. The topological polar surface area (TPSA) is 56.1 Å². The van der Waals surface area contributed by atoms with E-state index < -0.39 is 10.0 Å². The molecule has 0 bridgehead atoms. The molecule has 0 saturated carbocycles. The molecular weight excluding hydrogens is 334 g/mol.